The zero-order valence-electron chi connectivity index (χ0n) is 6.56. The van der Waals surface area contributed by atoms with E-state index < -0.39 is 0 Å². The maximum absolute atomic E-state index is 10.9. The molecule has 0 aromatic carbocycles. The summed E-state index contributed by atoms with van der Waals surface area (Å²) in [4.78, 5) is 14.9. The molecule has 0 aliphatic carbocycles. The highest BCUT2D eigenvalue weighted by molar-refractivity contribution is 5.99. The lowest BCUT2D eigenvalue weighted by molar-refractivity contribution is -0.111. The third-order valence-corrected chi connectivity index (χ3v) is 1.43. The monoisotopic (exact) mass is 198 g/mol. The first-order valence-electron chi connectivity index (χ1n) is 3.45. The Morgan fingerprint density at radius 1 is 1.46 bits per heavy atom. The van der Waals surface area contributed by atoms with Crippen molar-refractivity contribution in [3.8, 4) is 5.75 Å². The maximum Gasteiger partial charge on any atom is 0.252 e. The minimum absolute atomic E-state index is 0. The van der Waals surface area contributed by atoms with Crippen LogP contribution in [0, 0.1) is 0 Å². The van der Waals surface area contributed by atoms with Gasteiger partial charge in [-0.2, -0.15) is 0 Å². The highest BCUT2D eigenvalue weighted by Gasteiger charge is 2.08. The summed E-state index contributed by atoms with van der Waals surface area (Å²) in [5, 5.41) is 2.56. The molecule has 0 saturated carbocycles. The molecule has 0 atom stereocenters. The van der Waals surface area contributed by atoms with Crippen LogP contribution in [-0.4, -0.2) is 10.9 Å². The second-order valence-electron chi connectivity index (χ2n) is 2.26. The van der Waals surface area contributed by atoms with Crippen LogP contribution in [0.1, 0.15) is 0 Å². The van der Waals surface area contributed by atoms with Crippen LogP contribution in [0.2, 0.25) is 0 Å². The van der Waals surface area contributed by atoms with E-state index in [1.165, 1.54) is 12.3 Å². The Balaban J connectivity index is 0.000000845. The third-order valence-electron chi connectivity index (χ3n) is 1.43. The first-order chi connectivity index (χ1) is 5.86. The molecule has 0 spiro atoms. The Hall–Kier alpha value is -1.55. The van der Waals surface area contributed by atoms with Crippen LogP contribution in [0.4, 0.5) is 5.82 Å². The van der Waals surface area contributed by atoms with Crippen molar-refractivity contribution in [2.45, 2.75) is 0 Å². The van der Waals surface area contributed by atoms with Gasteiger partial charge in [0.1, 0.15) is 0 Å². The van der Waals surface area contributed by atoms with E-state index in [4.69, 9.17) is 4.74 Å². The number of aromatic nitrogens is 1. The molecule has 1 aliphatic rings. The van der Waals surface area contributed by atoms with Crippen molar-refractivity contribution in [1.29, 1.82) is 0 Å². The number of hydrogen-bond donors (Lipinski definition) is 1. The number of halogens is 1. The van der Waals surface area contributed by atoms with Gasteiger partial charge in [-0.1, -0.05) is 0 Å². The largest absolute Gasteiger partial charge is 0.461 e. The van der Waals surface area contributed by atoms with Crippen LogP contribution in [0.25, 0.3) is 0 Å². The number of nitrogens with one attached hydrogen (secondary N) is 1. The number of rotatable bonds is 0. The van der Waals surface area contributed by atoms with Crippen molar-refractivity contribution in [3.05, 3.63) is 30.7 Å². The van der Waals surface area contributed by atoms with Gasteiger partial charge in [-0.05, 0) is 12.1 Å². The first kappa shape index (κ1) is 9.54. The number of carbonyl (C=O) groups is 1. The SMILES string of the molecule is Cl.O=C1C=COc2cccnc2N1. The zero-order chi connectivity index (χ0) is 8.39. The van der Waals surface area contributed by atoms with Crippen molar-refractivity contribution in [1.82, 2.24) is 4.98 Å². The number of carbonyl (C=O) groups excluding carboxylic acids is 1. The molecule has 1 aliphatic heterocycles. The second-order valence-corrected chi connectivity index (χ2v) is 2.26. The molecule has 0 radical (unpaired) electrons. The molecule has 0 bridgehead atoms. The number of nitrogens with zero attached hydrogens (tertiary/aromatic N) is 1. The van der Waals surface area contributed by atoms with E-state index in [1.54, 1.807) is 18.3 Å². The Bertz CT molecular complexity index is 352. The Kier molecular flexibility index (Phi) is 2.87. The van der Waals surface area contributed by atoms with Gasteiger partial charge in [-0.15, -0.1) is 12.4 Å². The van der Waals surface area contributed by atoms with E-state index in [9.17, 15) is 4.79 Å². The topological polar surface area (TPSA) is 51.2 Å². The third kappa shape index (κ3) is 1.97. The fourth-order valence-electron chi connectivity index (χ4n) is 0.907. The second kappa shape index (κ2) is 3.91. The van der Waals surface area contributed by atoms with Crippen LogP contribution < -0.4 is 10.1 Å². The average Bonchev–Trinajstić information content (AvgIpc) is 2.25. The maximum atomic E-state index is 10.9. The summed E-state index contributed by atoms with van der Waals surface area (Å²) < 4.78 is 5.09. The zero-order valence-corrected chi connectivity index (χ0v) is 7.38. The normalized spacial score (nSPS) is 13.1. The summed E-state index contributed by atoms with van der Waals surface area (Å²) in [6.45, 7) is 0. The predicted molar refractivity (Wildman–Crippen MR) is 49.9 cm³/mol. The van der Waals surface area contributed by atoms with Crippen molar-refractivity contribution >= 4 is 24.1 Å². The van der Waals surface area contributed by atoms with Crippen molar-refractivity contribution in [2.75, 3.05) is 5.32 Å². The van der Waals surface area contributed by atoms with Gasteiger partial charge in [0.05, 0.1) is 6.26 Å². The molecule has 1 aromatic rings. The summed E-state index contributed by atoms with van der Waals surface area (Å²) in [6.07, 6.45) is 4.23. The molecule has 5 heteroatoms. The molecule has 2 rings (SSSR count). The lowest BCUT2D eigenvalue weighted by Gasteiger charge is -2.02. The van der Waals surface area contributed by atoms with Gasteiger partial charge in [0.25, 0.3) is 5.91 Å². The Morgan fingerprint density at radius 2 is 2.31 bits per heavy atom. The molecule has 1 aromatic heterocycles. The molecular formula is C8H7ClN2O2. The molecule has 1 N–H and O–H groups in total. The van der Waals surface area contributed by atoms with Crippen LogP contribution in [0.3, 0.4) is 0 Å². The van der Waals surface area contributed by atoms with E-state index in [0.717, 1.165) is 0 Å². The molecule has 13 heavy (non-hydrogen) atoms. The van der Waals surface area contributed by atoms with Crippen LogP contribution in [0.15, 0.2) is 30.7 Å². The minimum atomic E-state index is -0.229. The summed E-state index contributed by atoms with van der Waals surface area (Å²) in [5.41, 5.74) is 0. The molecule has 0 fully saturated rings. The standard InChI is InChI=1S/C8H6N2O2.ClH/c11-7-3-5-12-6-2-1-4-9-8(6)10-7;/h1-5H,(H,9,10,11);1H. The smallest absolute Gasteiger partial charge is 0.252 e. The summed E-state index contributed by atoms with van der Waals surface area (Å²) >= 11 is 0. The minimum Gasteiger partial charge on any atom is -0.461 e. The van der Waals surface area contributed by atoms with Crippen LogP contribution in [0.5, 0.6) is 5.75 Å². The van der Waals surface area contributed by atoms with Gasteiger partial charge in [0.2, 0.25) is 0 Å². The fraction of sp³-hybridized carbons (Fsp3) is 0. The molecule has 2 heterocycles. The number of hydrogen-bond acceptors (Lipinski definition) is 3. The van der Waals surface area contributed by atoms with Crippen molar-refractivity contribution in [2.24, 2.45) is 0 Å². The highest BCUT2D eigenvalue weighted by Crippen LogP contribution is 2.22. The van der Waals surface area contributed by atoms with Crippen LogP contribution >= 0.6 is 12.4 Å². The van der Waals surface area contributed by atoms with Gasteiger partial charge in [-0.3, -0.25) is 4.79 Å². The van der Waals surface area contributed by atoms with E-state index >= 15 is 0 Å². The number of fused-ring (bicyclic) bond motifs is 1. The van der Waals surface area contributed by atoms with E-state index in [-0.39, 0.29) is 18.3 Å². The molecule has 68 valence electrons. The number of anilines is 1. The average molecular weight is 199 g/mol. The quantitative estimate of drug-likeness (QED) is 0.685. The van der Waals surface area contributed by atoms with Gasteiger partial charge >= 0.3 is 0 Å². The number of amides is 1. The molecule has 1 amide bonds. The van der Waals surface area contributed by atoms with Gasteiger partial charge < -0.3 is 10.1 Å². The van der Waals surface area contributed by atoms with Crippen molar-refractivity contribution in [3.63, 3.8) is 0 Å². The van der Waals surface area contributed by atoms with E-state index in [1.807, 2.05) is 0 Å². The lowest BCUT2D eigenvalue weighted by Crippen LogP contribution is -2.07. The Morgan fingerprint density at radius 3 is 3.15 bits per heavy atom. The molecular weight excluding hydrogens is 192 g/mol. The molecule has 0 unspecified atom stereocenters. The van der Waals surface area contributed by atoms with E-state index in [0.29, 0.717) is 11.6 Å². The number of ether oxygens (including phenoxy) is 1. The fourth-order valence-corrected chi connectivity index (χ4v) is 0.907. The van der Waals surface area contributed by atoms with Gasteiger partial charge in [-0.25, -0.2) is 4.98 Å². The summed E-state index contributed by atoms with van der Waals surface area (Å²) in [5.74, 6) is 0.777. The van der Waals surface area contributed by atoms with Gasteiger partial charge in [0.15, 0.2) is 11.6 Å². The van der Waals surface area contributed by atoms with Crippen molar-refractivity contribution < 1.29 is 9.53 Å². The molecule has 4 nitrogen and oxygen atoms in total. The summed E-state index contributed by atoms with van der Waals surface area (Å²) in [6, 6.07) is 3.47. The van der Waals surface area contributed by atoms with E-state index in [2.05, 4.69) is 10.3 Å². The lowest BCUT2D eigenvalue weighted by atomic mass is 10.4. The Labute approximate surface area is 81.0 Å². The number of pyridine rings is 1. The van der Waals surface area contributed by atoms with Gasteiger partial charge in [0, 0.05) is 12.3 Å². The van der Waals surface area contributed by atoms with Crippen LogP contribution in [-0.2, 0) is 4.79 Å². The summed E-state index contributed by atoms with van der Waals surface area (Å²) in [7, 11) is 0. The molecule has 0 saturated heterocycles. The first-order valence-corrected chi connectivity index (χ1v) is 3.45. The highest BCUT2D eigenvalue weighted by atomic mass is 35.5. The predicted octanol–water partition coefficient (Wildman–Crippen LogP) is 1.35.